The predicted molar refractivity (Wildman–Crippen MR) is 185 cm³/mol. The molecule has 2 aromatic rings. The summed E-state index contributed by atoms with van der Waals surface area (Å²) in [5, 5.41) is 52.0. The molecule has 10 atom stereocenters. The number of carbonyl (C=O) groups is 3. The first-order valence-electron chi connectivity index (χ1n) is 16.8. The van der Waals surface area contributed by atoms with Crippen molar-refractivity contribution in [2.75, 3.05) is 23.4 Å². The second-order valence-electron chi connectivity index (χ2n) is 14.3. The molecule has 14 nitrogen and oxygen atoms in total. The lowest BCUT2D eigenvalue weighted by molar-refractivity contribution is -0.274. The molecule has 3 saturated heterocycles. The number of carbonyl (C=O) groups excluding carboxylic acids is 3. The van der Waals surface area contributed by atoms with Crippen LogP contribution in [0.4, 0.5) is 11.4 Å². The first kappa shape index (κ1) is 37.0. The van der Waals surface area contributed by atoms with Gasteiger partial charge in [-0.1, -0.05) is 35.0 Å². The van der Waals surface area contributed by atoms with E-state index in [1.165, 1.54) is 0 Å². The van der Waals surface area contributed by atoms with Gasteiger partial charge in [-0.15, -0.1) is 0 Å². The van der Waals surface area contributed by atoms with E-state index < -0.39 is 68.1 Å². The lowest BCUT2D eigenvalue weighted by atomic mass is 9.82. The number of aliphatic hydroxyl groups excluding tert-OH is 5. The lowest BCUT2D eigenvalue weighted by Crippen LogP contribution is -2.60. The lowest BCUT2D eigenvalue weighted by Gasteiger charge is -2.37. The molecule has 1 spiro atoms. The molecule has 2 aromatic carbocycles. The van der Waals surface area contributed by atoms with Crippen molar-refractivity contribution in [1.29, 1.82) is 0 Å². The third-order valence-corrected chi connectivity index (χ3v) is 13.6. The molecule has 0 unspecified atom stereocenters. The summed E-state index contributed by atoms with van der Waals surface area (Å²) < 4.78 is 12.5. The highest BCUT2D eigenvalue weighted by Gasteiger charge is 2.66. The normalized spacial score (nSPS) is 34.0. The van der Waals surface area contributed by atoms with Gasteiger partial charge in [0.05, 0.1) is 37.4 Å². The van der Waals surface area contributed by atoms with Gasteiger partial charge in [0.25, 0.3) is 11.8 Å². The number of fused-ring (bicyclic) bond motifs is 2. The van der Waals surface area contributed by atoms with Gasteiger partial charge in [0.15, 0.2) is 26.3 Å². The maximum atomic E-state index is 14.7. The van der Waals surface area contributed by atoms with E-state index >= 15 is 0 Å². The van der Waals surface area contributed by atoms with Gasteiger partial charge in [0.1, 0.15) is 18.3 Å². The molecule has 3 fully saturated rings. The van der Waals surface area contributed by atoms with Gasteiger partial charge in [-0.25, -0.2) is 0 Å². The number of nitrogens with zero attached hydrogens (tertiary/aromatic N) is 2. The highest BCUT2D eigenvalue weighted by Crippen LogP contribution is 2.60. The summed E-state index contributed by atoms with van der Waals surface area (Å²) in [5.41, 5.74) is 0.394. The number of rotatable bonds is 8. The summed E-state index contributed by atoms with van der Waals surface area (Å²) >= 11 is 3.55. The highest BCUT2D eigenvalue weighted by atomic mass is 79.9. The van der Waals surface area contributed by atoms with Crippen LogP contribution in [0.5, 0.6) is 0 Å². The Morgan fingerprint density at radius 3 is 2.42 bits per heavy atom. The van der Waals surface area contributed by atoms with E-state index in [4.69, 9.17) is 9.47 Å². The molecule has 7 N–H and O–H groups in total. The summed E-state index contributed by atoms with van der Waals surface area (Å²) in [6.07, 6.45) is -8.03. The van der Waals surface area contributed by atoms with Crippen molar-refractivity contribution >= 4 is 53.3 Å². The molecule has 0 aromatic heterocycles. The third-order valence-electron chi connectivity index (χ3n) is 10.6. The highest BCUT2D eigenvalue weighted by molar-refractivity contribution is 9.10. The van der Waals surface area contributed by atoms with Gasteiger partial charge < -0.3 is 54.9 Å². The van der Waals surface area contributed by atoms with Crippen molar-refractivity contribution in [3.63, 3.8) is 0 Å². The fourth-order valence-electron chi connectivity index (χ4n) is 8.22. The zero-order chi connectivity index (χ0) is 36.3. The van der Waals surface area contributed by atoms with Gasteiger partial charge in [0, 0.05) is 33.7 Å². The number of likely N-dealkylation sites (tertiary alicyclic amines) is 1. The number of amides is 3. The summed E-state index contributed by atoms with van der Waals surface area (Å²) in [6, 6.07) is 11.9. The second-order valence-corrected chi connectivity index (χ2v) is 19.2. The van der Waals surface area contributed by atoms with Crippen LogP contribution in [0.3, 0.4) is 0 Å². The summed E-state index contributed by atoms with van der Waals surface area (Å²) in [7, 11) is -3.01. The largest absolute Gasteiger partial charge is 0.432 e. The number of ether oxygens (including phenoxy) is 2. The summed E-state index contributed by atoms with van der Waals surface area (Å²) in [5.74, 6) is -1.80. The van der Waals surface area contributed by atoms with E-state index in [0.717, 1.165) is 17.3 Å². The molecule has 3 amide bonds. The molecule has 4 aliphatic rings. The second kappa shape index (κ2) is 14.0. The van der Waals surface area contributed by atoms with Gasteiger partial charge >= 0.3 is 0 Å². The van der Waals surface area contributed by atoms with Crippen molar-refractivity contribution in [3.05, 3.63) is 58.1 Å². The Hall–Kier alpha value is -2.77. The molecule has 4 aliphatic heterocycles. The Kier molecular flexibility index (Phi) is 10.3. The van der Waals surface area contributed by atoms with Crippen LogP contribution in [0.25, 0.3) is 0 Å². The maximum Gasteiger partial charge on any atom is 0.264 e. The van der Waals surface area contributed by atoms with Crippen molar-refractivity contribution in [2.45, 2.75) is 99.8 Å². The molecule has 50 heavy (non-hydrogen) atoms. The number of nitrogens with one attached hydrogen (secondary N) is 1. The van der Waals surface area contributed by atoms with Crippen LogP contribution in [0.2, 0.25) is 18.6 Å². The molecular weight excluding hydrogens is 734 g/mol. The van der Waals surface area contributed by atoms with E-state index in [2.05, 4.69) is 21.2 Å². The Labute approximate surface area is 298 Å². The summed E-state index contributed by atoms with van der Waals surface area (Å²) in [4.78, 5) is 55.9. The van der Waals surface area contributed by atoms with Crippen LogP contribution in [-0.2, 0) is 36.0 Å². The first-order valence-corrected chi connectivity index (χ1v) is 20.6. The van der Waals surface area contributed by atoms with Gasteiger partial charge in [-0.2, -0.15) is 0 Å². The zero-order valence-electron chi connectivity index (χ0n) is 28.0. The molecule has 272 valence electrons. The molecule has 0 saturated carbocycles. The standard InChI is InChI=1S/C34H44BrN3O11Si/c1-17-30(50(2,3)47)24(14-25(40)37-12-4-5-21(37)16-39)49-34(17)22-13-19(35)8-11-23(22)38(33(34)46)15-18-6-9-20(10-7-18)36-31(44)29-27(42)26(41)28(43)32(45)48-29/h6-11,13,17,21,24,26-30,32,39,41-43,45,47H,4-5,12,14-16H2,1-3H3,(H,36,44)/t17-,21-,24+,26-,27-,28+,29-,30-,32+,34+/m0/s1. The van der Waals surface area contributed by atoms with E-state index in [1.807, 2.05) is 25.1 Å². The zero-order valence-corrected chi connectivity index (χ0v) is 30.6. The van der Waals surface area contributed by atoms with Crippen LogP contribution in [0, 0.1) is 5.92 Å². The Bertz CT molecular complexity index is 1630. The van der Waals surface area contributed by atoms with Crippen LogP contribution < -0.4 is 10.2 Å². The monoisotopic (exact) mass is 777 g/mol. The van der Waals surface area contributed by atoms with E-state index in [1.54, 1.807) is 47.2 Å². The van der Waals surface area contributed by atoms with E-state index in [0.29, 0.717) is 29.0 Å². The number of benzene rings is 2. The summed E-state index contributed by atoms with van der Waals surface area (Å²) in [6.45, 7) is 6.06. The Morgan fingerprint density at radius 1 is 1.06 bits per heavy atom. The minimum atomic E-state index is -3.01. The van der Waals surface area contributed by atoms with Crippen molar-refractivity contribution in [2.24, 2.45) is 5.92 Å². The molecule has 16 heteroatoms. The topological polar surface area (TPSA) is 210 Å². The van der Waals surface area contributed by atoms with Gasteiger partial charge in [-0.05, 0) is 61.8 Å². The molecule has 4 heterocycles. The minimum absolute atomic E-state index is 0.0184. The first-order chi connectivity index (χ1) is 23.6. The van der Waals surface area contributed by atoms with Crippen LogP contribution in [-0.4, -0.2) is 117 Å². The van der Waals surface area contributed by atoms with Crippen molar-refractivity contribution in [1.82, 2.24) is 4.90 Å². The van der Waals surface area contributed by atoms with Gasteiger partial charge in [-0.3, -0.25) is 14.4 Å². The predicted octanol–water partition coefficient (Wildman–Crippen LogP) is 0.906. The Morgan fingerprint density at radius 2 is 1.76 bits per heavy atom. The van der Waals surface area contributed by atoms with Gasteiger partial charge in [0.2, 0.25) is 5.91 Å². The van der Waals surface area contributed by atoms with E-state index in [-0.39, 0.29) is 37.4 Å². The molecule has 0 radical (unpaired) electrons. The van der Waals surface area contributed by atoms with Crippen LogP contribution in [0.15, 0.2) is 46.9 Å². The fourth-order valence-corrected chi connectivity index (χ4v) is 11.1. The molecule has 6 rings (SSSR count). The molecule has 0 bridgehead atoms. The maximum absolute atomic E-state index is 14.7. The average Bonchev–Trinajstić information content (AvgIpc) is 3.73. The fraction of sp³-hybridized carbons (Fsp3) is 0.559. The number of hydrogen-bond donors (Lipinski definition) is 7. The number of halogens is 1. The number of anilines is 2. The molecular formula is C34H44BrN3O11Si. The number of aliphatic hydroxyl groups is 5. The van der Waals surface area contributed by atoms with E-state index in [9.17, 15) is 44.7 Å². The third kappa shape index (κ3) is 6.44. The smallest absolute Gasteiger partial charge is 0.264 e. The van der Waals surface area contributed by atoms with Crippen LogP contribution >= 0.6 is 15.9 Å². The SMILES string of the molecule is C[C@H]1[C@H]([Si](C)(C)O)[C@@H](CC(=O)N2CCC[C@H]2CO)O[C@]12C(=O)N(Cc1ccc(NC(=O)[C@H]3O[C@@H](O)[C@H](O)[C@@H](O)[C@@H]3O)cc1)c1ccc(Br)cc12. The molecule has 0 aliphatic carbocycles. The number of hydrogen-bond acceptors (Lipinski definition) is 11. The van der Waals surface area contributed by atoms with Crippen LogP contribution in [0.1, 0.15) is 37.3 Å². The van der Waals surface area contributed by atoms with Crippen molar-refractivity contribution in [3.8, 4) is 0 Å². The van der Waals surface area contributed by atoms with Crippen molar-refractivity contribution < 1.29 is 54.2 Å². The Balaban J connectivity index is 1.24. The minimum Gasteiger partial charge on any atom is -0.432 e. The average molecular weight is 779 g/mol. The quantitative estimate of drug-likeness (QED) is 0.188.